The van der Waals surface area contributed by atoms with E-state index in [-0.39, 0.29) is 24.8 Å². The average Bonchev–Trinajstić information content (AvgIpc) is 2.42. The minimum absolute atomic E-state index is 0. The minimum Gasteiger partial charge on any atom is -0.316 e. The summed E-state index contributed by atoms with van der Waals surface area (Å²) < 4.78 is 0. The first kappa shape index (κ1) is 10.6. The Hall–Kier alpha value is 0.500. The highest BCUT2D eigenvalue weighted by atomic mass is 35.5. The van der Waals surface area contributed by atoms with Gasteiger partial charge in [0.1, 0.15) is 0 Å². The van der Waals surface area contributed by atoms with Crippen molar-refractivity contribution in [3.8, 4) is 0 Å². The summed E-state index contributed by atoms with van der Waals surface area (Å²) in [7, 11) is 0. The molecule has 3 rings (SSSR count). The van der Waals surface area contributed by atoms with Crippen LogP contribution in [0.1, 0.15) is 0 Å². The van der Waals surface area contributed by atoms with Gasteiger partial charge in [-0.25, -0.2) is 0 Å². The van der Waals surface area contributed by atoms with Crippen LogP contribution in [0.3, 0.4) is 0 Å². The quantitative estimate of drug-likeness (QED) is 0.610. The second-order valence-corrected chi connectivity index (χ2v) is 3.97. The zero-order chi connectivity index (χ0) is 6.55. The van der Waals surface area contributed by atoms with Gasteiger partial charge in [0.15, 0.2) is 0 Å². The van der Waals surface area contributed by atoms with Crippen LogP contribution in [0.2, 0.25) is 0 Å². The Morgan fingerprint density at radius 3 is 1.08 bits per heavy atom. The summed E-state index contributed by atoms with van der Waals surface area (Å²) in [5.74, 6) is 4.17. The van der Waals surface area contributed by atoms with Crippen molar-refractivity contribution in [2.24, 2.45) is 23.7 Å². The lowest BCUT2D eigenvalue weighted by molar-refractivity contribution is 0.0629. The van der Waals surface area contributed by atoms with Gasteiger partial charge in [-0.2, -0.15) is 0 Å². The second kappa shape index (κ2) is 3.70. The molecular formula is C8H16Cl2N2. The van der Waals surface area contributed by atoms with Crippen molar-refractivity contribution in [3.05, 3.63) is 0 Å². The van der Waals surface area contributed by atoms with E-state index in [9.17, 15) is 0 Å². The van der Waals surface area contributed by atoms with Crippen LogP contribution in [0.15, 0.2) is 0 Å². The van der Waals surface area contributed by atoms with Crippen LogP contribution in [-0.2, 0) is 0 Å². The van der Waals surface area contributed by atoms with E-state index in [1.165, 1.54) is 26.2 Å². The minimum atomic E-state index is 0. The Labute approximate surface area is 85.7 Å². The Morgan fingerprint density at radius 2 is 0.833 bits per heavy atom. The van der Waals surface area contributed by atoms with E-state index in [0.717, 1.165) is 23.7 Å². The summed E-state index contributed by atoms with van der Waals surface area (Å²) >= 11 is 0. The van der Waals surface area contributed by atoms with Gasteiger partial charge in [-0.15, -0.1) is 24.8 Å². The van der Waals surface area contributed by atoms with Gasteiger partial charge in [0.2, 0.25) is 0 Å². The van der Waals surface area contributed by atoms with Crippen molar-refractivity contribution in [1.29, 1.82) is 0 Å². The molecule has 0 radical (unpaired) electrons. The molecule has 0 unspecified atom stereocenters. The van der Waals surface area contributed by atoms with Gasteiger partial charge in [0, 0.05) is 0 Å². The lowest BCUT2D eigenvalue weighted by atomic mass is 9.60. The molecular weight excluding hydrogens is 195 g/mol. The molecule has 0 spiro atoms. The molecule has 0 bridgehead atoms. The maximum absolute atomic E-state index is 3.49. The summed E-state index contributed by atoms with van der Waals surface area (Å²) in [6.07, 6.45) is 0. The van der Waals surface area contributed by atoms with Gasteiger partial charge in [-0.3, -0.25) is 0 Å². The van der Waals surface area contributed by atoms with Gasteiger partial charge >= 0.3 is 0 Å². The van der Waals surface area contributed by atoms with E-state index in [4.69, 9.17) is 0 Å². The lowest BCUT2D eigenvalue weighted by Gasteiger charge is -2.43. The summed E-state index contributed by atoms with van der Waals surface area (Å²) in [6, 6.07) is 0. The number of hydrogen-bond acceptors (Lipinski definition) is 2. The van der Waals surface area contributed by atoms with E-state index >= 15 is 0 Å². The molecule has 12 heavy (non-hydrogen) atoms. The van der Waals surface area contributed by atoms with E-state index < -0.39 is 0 Å². The van der Waals surface area contributed by atoms with Crippen LogP contribution >= 0.6 is 24.8 Å². The molecule has 2 saturated heterocycles. The van der Waals surface area contributed by atoms with Gasteiger partial charge < -0.3 is 10.6 Å². The highest BCUT2D eigenvalue weighted by molar-refractivity contribution is 5.85. The van der Waals surface area contributed by atoms with E-state index in [2.05, 4.69) is 10.6 Å². The molecule has 2 heterocycles. The molecule has 4 heteroatoms. The van der Waals surface area contributed by atoms with Crippen LogP contribution in [0.4, 0.5) is 0 Å². The molecule has 0 amide bonds. The largest absolute Gasteiger partial charge is 0.316 e. The number of nitrogens with one attached hydrogen (secondary N) is 2. The van der Waals surface area contributed by atoms with E-state index in [1.807, 2.05) is 0 Å². The number of halogens is 2. The van der Waals surface area contributed by atoms with Gasteiger partial charge in [-0.1, -0.05) is 0 Å². The first-order chi connectivity index (χ1) is 4.97. The molecule has 3 fully saturated rings. The molecule has 0 aromatic rings. The van der Waals surface area contributed by atoms with Crippen LogP contribution in [-0.4, -0.2) is 26.2 Å². The van der Waals surface area contributed by atoms with E-state index in [0.29, 0.717) is 0 Å². The SMILES string of the molecule is C1NCC2C1C1CNCC21.Cl.Cl. The van der Waals surface area contributed by atoms with Gasteiger partial charge in [-0.05, 0) is 49.9 Å². The zero-order valence-electron chi connectivity index (χ0n) is 6.95. The molecule has 1 saturated carbocycles. The van der Waals surface area contributed by atoms with Crippen LogP contribution in [0.25, 0.3) is 0 Å². The Balaban J connectivity index is 0.000000360. The monoisotopic (exact) mass is 210 g/mol. The normalized spacial score (nSPS) is 48.0. The molecule has 1 aliphatic carbocycles. The standard InChI is InChI=1S/C8H14N2.2ClH/c1-5-6(2-9-1)8-4-10-3-7(5)8;;/h5-10H,1-4H2;2*1H. The zero-order valence-corrected chi connectivity index (χ0v) is 8.59. The molecule has 0 aromatic carbocycles. The van der Waals surface area contributed by atoms with Crippen molar-refractivity contribution in [2.45, 2.75) is 0 Å². The maximum Gasteiger partial charge on any atom is -0.00139 e. The predicted octanol–water partition coefficient (Wildman–Crippen LogP) is 0.515. The fourth-order valence-electron chi connectivity index (χ4n) is 3.17. The van der Waals surface area contributed by atoms with Crippen molar-refractivity contribution >= 4 is 24.8 Å². The Kier molecular flexibility index (Phi) is 3.27. The Bertz CT molecular complexity index is 123. The number of rotatable bonds is 0. The highest BCUT2D eigenvalue weighted by Crippen LogP contribution is 2.49. The molecule has 0 aromatic heterocycles. The Morgan fingerprint density at radius 1 is 0.583 bits per heavy atom. The van der Waals surface area contributed by atoms with E-state index in [1.54, 1.807) is 0 Å². The number of hydrogen-bond donors (Lipinski definition) is 2. The average molecular weight is 211 g/mol. The smallest absolute Gasteiger partial charge is 0.00139 e. The number of fused-ring (bicyclic) bond motifs is 4. The van der Waals surface area contributed by atoms with Crippen molar-refractivity contribution < 1.29 is 0 Å². The van der Waals surface area contributed by atoms with Crippen molar-refractivity contribution in [1.82, 2.24) is 10.6 Å². The van der Waals surface area contributed by atoms with Crippen molar-refractivity contribution in [3.63, 3.8) is 0 Å². The van der Waals surface area contributed by atoms with Gasteiger partial charge in [0.25, 0.3) is 0 Å². The second-order valence-electron chi connectivity index (χ2n) is 3.97. The molecule has 72 valence electrons. The first-order valence-corrected chi connectivity index (χ1v) is 4.38. The third kappa shape index (κ3) is 1.17. The molecule has 0 atom stereocenters. The summed E-state index contributed by atoms with van der Waals surface area (Å²) in [6.45, 7) is 5.20. The van der Waals surface area contributed by atoms with Crippen LogP contribution < -0.4 is 10.6 Å². The third-order valence-corrected chi connectivity index (χ3v) is 3.72. The summed E-state index contributed by atoms with van der Waals surface area (Å²) in [5, 5.41) is 6.97. The molecule has 2 N–H and O–H groups in total. The molecule has 2 aliphatic heterocycles. The summed E-state index contributed by atoms with van der Waals surface area (Å²) in [4.78, 5) is 0. The fraction of sp³-hybridized carbons (Fsp3) is 1.00. The fourth-order valence-corrected chi connectivity index (χ4v) is 3.17. The lowest BCUT2D eigenvalue weighted by Crippen LogP contribution is -2.44. The molecule has 2 nitrogen and oxygen atoms in total. The summed E-state index contributed by atoms with van der Waals surface area (Å²) in [5.41, 5.74) is 0. The van der Waals surface area contributed by atoms with Gasteiger partial charge in [0.05, 0.1) is 0 Å². The third-order valence-electron chi connectivity index (χ3n) is 3.72. The predicted molar refractivity (Wildman–Crippen MR) is 54.2 cm³/mol. The topological polar surface area (TPSA) is 24.1 Å². The highest BCUT2D eigenvalue weighted by Gasteiger charge is 2.53. The van der Waals surface area contributed by atoms with Crippen LogP contribution in [0, 0.1) is 23.7 Å². The first-order valence-electron chi connectivity index (χ1n) is 4.38. The van der Waals surface area contributed by atoms with Crippen LogP contribution in [0.5, 0.6) is 0 Å². The maximum atomic E-state index is 3.49. The molecule has 3 aliphatic rings. The van der Waals surface area contributed by atoms with Crippen molar-refractivity contribution in [2.75, 3.05) is 26.2 Å².